The summed E-state index contributed by atoms with van der Waals surface area (Å²) in [4.78, 5) is 29.4. The topological polar surface area (TPSA) is 96.0 Å². The van der Waals surface area contributed by atoms with Gasteiger partial charge in [0.05, 0.1) is 17.7 Å². The predicted molar refractivity (Wildman–Crippen MR) is 173 cm³/mol. The van der Waals surface area contributed by atoms with E-state index in [0.717, 1.165) is 15.4 Å². The van der Waals surface area contributed by atoms with Gasteiger partial charge in [-0.15, -0.1) is 0 Å². The van der Waals surface area contributed by atoms with Gasteiger partial charge >= 0.3 is 0 Å². The average Bonchev–Trinajstić information content (AvgIpc) is 3.05. The van der Waals surface area contributed by atoms with Gasteiger partial charge in [-0.1, -0.05) is 79.2 Å². The lowest BCUT2D eigenvalue weighted by molar-refractivity contribution is -0.140. The van der Waals surface area contributed by atoms with Crippen molar-refractivity contribution in [2.45, 2.75) is 44.2 Å². The Morgan fingerprint density at radius 3 is 2.27 bits per heavy atom. The summed E-state index contributed by atoms with van der Waals surface area (Å²) in [5.74, 6) is -1.24. The zero-order chi connectivity index (χ0) is 32.4. The molecule has 0 unspecified atom stereocenters. The largest absolute Gasteiger partial charge is 0.497 e. The first-order valence-electron chi connectivity index (χ1n) is 14.7. The summed E-state index contributed by atoms with van der Waals surface area (Å²) in [7, 11) is -2.81. The monoisotopic (exact) mass is 631 g/mol. The molecule has 0 saturated carbocycles. The first kappa shape index (κ1) is 33.2. The van der Waals surface area contributed by atoms with Gasteiger partial charge in [-0.2, -0.15) is 0 Å². The second kappa shape index (κ2) is 15.3. The maximum Gasteiger partial charge on any atom is 0.264 e. The number of aryl methyl sites for hydroxylation is 1. The van der Waals surface area contributed by atoms with Crippen molar-refractivity contribution in [2.24, 2.45) is 0 Å². The van der Waals surface area contributed by atoms with Crippen molar-refractivity contribution in [3.63, 3.8) is 0 Å². The Kier molecular flexibility index (Phi) is 11.3. The number of nitrogens with zero attached hydrogens (tertiary/aromatic N) is 2. The molecule has 1 N–H and O–H groups in total. The molecule has 45 heavy (non-hydrogen) atoms. The maximum atomic E-state index is 15.0. The lowest BCUT2D eigenvalue weighted by Gasteiger charge is -2.34. The summed E-state index contributed by atoms with van der Waals surface area (Å²) in [5.41, 5.74) is 2.05. The smallest absolute Gasteiger partial charge is 0.264 e. The fourth-order valence-electron chi connectivity index (χ4n) is 4.86. The van der Waals surface area contributed by atoms with Gasteiger partial charge < -0.3 is 15.0 Å². The third-order valence-corrected chi connectivity index (χ3v) is 9.14. The summed E-state index contributed by atoms with van der Waals surface area (Å²) < 4.78 is 49.6. The fraction of sp³-hybridized carbons (Fsp3) is 0.257. The number of halogens is 1. The van der Waals surface area contributed by atoms with E-state index in [4.69, 9.17) is 4.74 Å². The van der Waals surface area contributed by atoms with Gasteiger partial charge in [0.1, 0.15) is 24.2 Å². The summed E-state index contributed by atoms with van der Waals surface area (Å²) in [6.07, 6.45) is 0.809. The molecular weight excluding hydrogens is 593 g/mol. The van der Waals surface area contributed by atoms with E-state index >= 15 is 4.39 Å². The molecule has 0 fully saturated rings. The molecule has 236 valence electrons. The molecule has 0 radical (unpaired) electrons. The third-order valence-electron chi connectivity index (χ3n) is 7.35. The fourth-order valence-corrected chi connectivity index (χ4v) is 6.27. The number of amides is 2. The van der Waals surface area contributed by atoms with Crippen LogP contribution in [0, 0.1) is 12.7 Å². The van der Waals surface area contributed by atoms with Crippen LogP contribution >= 0.6 is 0 Å². The average molecular weight is 632 g/mol. The van der Waals surface area contributed by atoms with Gasteiger partial charge in [-0.25, -0.2) is 12.8 Å². The summed E-state index contributed by atoms with van der Waals surface area (Å²) in [6, 6.07) is 26.9. The summed E-state index contributed by atoms with van der Waals surface area (Å²) in [6.45, 7) is 3.24. The highest BCUT2D eigenvalue weighted by Crippen LogP contribution is 2.28. The molecule has 0 aromatic heterocycles. The first-order chi connectivity index (χ1) is 21.6. The Bertz CT molecular complexity index is 1700. The molecule has 0 spiro atoms. The first-order valence-corrected chi connectivity index (χ1v) is 16.2. The predicted octanol–water partition coefficient (Wildman–Crippen LogP) is 5.50. The number of anilines is 1. The normalized spacial score (nSPS) is 11.8. The molecule has 0 aliphatic heterocycles. The van der Waals surface area contributed by atoms with Crippen molar-refractivity contribution in [1.29, 1.82) is 0 Å². The third kappa shape index (κ3) is 8.48. The second-order valence-electron chi connectivity index (χ2n) is 10.6. The number of hydrogen-bond acceptors (Lipinski definition) is 5. The highest BCUT2D eigenvalue weighted by Gasteiger charge is 2.35. The minimum Gasteiger partial charge on any atom is -0.497 e. The lowest BCUT2D eigenvalue weighted by Crippen LogP contribution is -2.53. The number of carbonyl (C=O) groups is 2. The van der Waals surface area contributed by atoms with Gasteiger partial charge in [0.15, 0.2) is 0 Å². The zero-order valence-corrected chi connectivity index (χ0v) is 26.5. The molecule has 0 bridgehead atoms. The van der Waals surface area contributed by atoms with Crippen LogP contribution in [0.4, 0.5) is 10.1 Å². The Labute approximate surface area is 264 Å². The van der Waals surface area contributed by atoms with E-state index in [-0.39, 0.29) is 29.1 Å². The number of nitrogens with one attached hydrogen (secondary N) is 1. The van der Waals surface area contributed by atoms with E-state index < -0.39 is 40.2 Å². The van der Waals surface area contributed by atoms with Gasteiger partial charge in [0.25, 0.3) is 10.0 Å². The van der Waals surface area contributed by atoms with Crippen LogP contribution in [0.3, 0.4) is 0 Å². The number of ether oxygens (including phenoxy) is 1. The number of rotatable bonds is 14. The number of benzene rings is 4. The minimum absolute atomic E-state index is 0.00843. The van der Waals surface area contributed by atoms with E-state index in [1.54, 1.807) is 48.5 Å². The molecule has 0 heterocycles. The number of carbonyl (C=O) groups excluding carboxylic acids is 2. The zero-order valence-electron chi connectivity index (χ0n) is 25.6. The molecule has 8 nitrogen and oxygen atoms in total. The van der Waals surface area contributed by atoms with E-state index in [1.807, 2.05) is 44.2 Å². The Morgan fingerprint density at radius 1 is 0.911 bits per heavy atom. The number of methoxy groups -OCH3 is 1. The highest BCUT2D eigenvalue weighted by molar-refractivity contribution is 7.92. The standard InChI is InChI=1S/C35H38FN3O5S/c1-4-21-37-35(41)33(22-27-11-6-5-7-12-27)38(24-28-13-8-9-16-32(28)36)34(40)25-39(29-14-10-15-30(23-29)44-3)45(42,43)31-19-17-26(2)18-20-31/h5-20,23,33H,4,21-22,24-25H2,1-3H3,(H,37,41)/t33-/m0/s1. The molecule has 10 heteroatoms. The SMILES string of the molecule is CCCNC(=O)[C@H](Cc1ccccc1)N(Cc1ccccc1F)C(=O)CN(c1cccc(OC)c1)S(=O)(=O)c1ccc(C)cc1. The Balaban J connectivity index is 1.82. The molecule has 4 aromatic carbocycles. The van der Waals surface area contributed by atoms with Crippen molar-refractivity contribution in [2.75, 3.05) is 24.5 Å². The lowest BCUT2D eigenvalue weighted by atomic mass is 10.0. The molecule has 4 aromatic rings. The van der Waals surface area contributed by atoms with Crippen LogP contribution in [0.15, 0.2) is 108 Å². The van der Waals surface area contributed by atoms with Crippen molar-refractivity contribution >= 4 is 27.5 Å². The molecule has 4 rings (SSSR count). The van der Waals surface area contributed by atoms with E-state index in [9.17, 15) is 18.0 Å². The van der Waals surface area contributed by atoms with Crippen LogP contribution in [-0.4, -0.2) is 51.4 Å². The van der Waals surface area contributed by atoms with Crippen LogP contribution in [0.25, 0.3) is 0 Å². The van der Waals surface area contributed by atoms with Crippen LogP contribution in [0.5, 0.6) is 5.75 Å². The van der Waals surface area contributed by atoms with Crippen molar-refractivity contribution < 1.29 is 27.1 Å². The van der Waals surface area contributed by atoms with Crippen LogP contribution in [0.1, 0.15) is 30.0 Å². The molecule has 0 aliphatic rings. The molecular formula is C35H38FN3O5S. The van der Waals surface area contributed by atoms with Crippen LogP contribution in [-0.2, 0) is 32.6 Å². The Hall–Kier alpha value is -4.70. The second-order valence-corrected chi connectivity index (χ2v) is 12.5. The van der Waals surface area contributed by atoms with Crippen molar-refractivity contribution in [1.82, 2.24) is 10.2 Å². The van der Waals surface area contributed by atoms with E-state index in [1.165, 1.54) is 36.3 Å². The number of hydrogen-bond donors (Lipinski definition) is 1. The maximum absolute atomic E-state index is 15.0. The minimum atomic E-state index is -4.27. The van der Waals surface area contributed by atoms with Crippen molar-refractivity contribution in [3.8, 4) is 5.75 Å². The van der Waals surface area contributed by atoms with Gasteiger partial charge in [-0.05, 0) is 49.2 Å². The molecule has 1 atom stereocenters. The Morgan fingerprint density at radius 2 is 1.60 bits per heavy atom. The van der Waals surface area contributed by atoms with Gasteiger partial charge in [0, 0.05) is 31.1 Å². The molecule has 0 saturated heterocycles. The molecule has 0 aliphatic carbocycles. The van der Waals surface area contributed by atoms with Crippen LogP contribution in [0.2, 0.25) is 0 Å². The summed E-state index contributed by atoms with van der Waals surface area (Å²) >= 11 is 0. The van der Waals surface area contributed by atoms with E-state index in [2.05, 4.69) is 5.32 Å². The number of sulfonamides is 1. The van der Waals surface area contributed by atoms with Crippen LogP contribution < -0.4 is 14.4 Å². The van der Waals surface area contributed by atoms with Crippen molar-refractivity contribution in [3.05, 3.63) is 126 Å². The van der Waals surface area contributed by atoms with Gasteiger partial charge in [0.2, 0.25) is 11.8 Å². The highest BCUT2D eigenvalue weighted by atomic mass is 32.2. The summed E-state index contributed by atoms with van der Waals surface area (Å²) in [5, 5.41) is 2.87. The quantitative estimate of drug-likeness (QED) is 0.198. The van der Waals surface area contributed by atoms with Gasteiger partial charge in [-0.3, -0.25) is 13.9 Å². The van der Waals surface area contributed by atoms with E-state index in [0.29, 0.717) is 18.7 Å². The molecule has 2 amide bonds.